The highest BCUT2D eigenvalue weighted by atomic mass is 28.4. The average molecular weight is 349 g/mol. The van der Waals surface area contributed by atoms with Crippen LogP contribution in [0.1, 0.15) is 65.9 Å². The molecule has 0 amide bonds. The first-order chi connectivity index (χ1) is 11.1. The molecule has 0 heterocycles. The lowest BCUT2D eigenvalue weighted by atomic mass is 10.0. The maximum absolute atomic E-state index is 10.4. The van der Waals surface area contributed by atoms with E-state index in [1.165, 1.54) is 5.56 Å². The monoisotopic (exact) mass is 348 g/mol. The molecule has 0 bridgehead atoms. The number of hydrogen-bond donors (Lipinski definition) is 1. The van der Waals surface area contributed by atoms with Gasteiger partial charge in [-0.3, -0.25) is 0 Å². The smallest absolute Gasteiger partial charge is 0.250 e. The summed E-state index contributed by atoms with van der Waals surface area (Å²) >= 11 is 0. The number of benzene rings is 1. The Hall–Kier alpha value is -1.06. The van der Waals surface area contributed by atoms with Crippen LogP contribution in [0.4, 0.5) is 0 Å². The first kappa shape index (κ1) is 21.0. The van der Waals surface area contributed by atoms with Crippen LogP contribution in [-0.4, -0.2) is 19.5 Å². The van der Waals surface area contributed by atoms with Gasteiger partial charge in [0.05, 0.1) is 11.9 Å². The van der Waals surface area contributed by atoms with Gasteiger partial charge in [-0.15, -0.1) is 0 Å². The second kappa shape index (κ2) is 8.86. The zero-order chi connectivity index (χ0) is 18.4. The van der Waals surface area contributed by atoms with Crippen molar-refractivity contribution in [1.29, 1.82) is 0 Å². The Bertz CT molecular complexity index is 527. The predicted molar refractivity (Wildman–Crippen MR) is 107 cm³/mol. The number of aliphatic hydroxyl groups is 1. The van der Waals surface area contributed by atoms with Crippen LogP contribution >= 0.6 is 0 Å². The molecule has 0 saturated heterocycles. The molecule has 1 rings (SSSR count). The van der Waals surface area contributed by atoms with Crippen LogP contribution in [-0.2, 0) is 4.43 Å². The normalized spacial score (nSPS) is 15.0. The lowest BCUT2D eigenvalue weighted by Gasteiger charge is -2.38. The third kappa shape index (κ3) is 6.10. The zero-order valence-electron chi connectivity index (χ0n) is 16.6. The highest BCUT2D eigenvalue weighted by Gasteiger charge is 2.39. The van der Waals surface area contributed by atoms with Crippen LogP contribution in [0, 0.1) is 0 Å². The third-order valence-electron chi connectivity index (χ3n) is 5.12. The van der Waals surface area contributed by atoms with Gasteiger partial charge in [-0.1, -0.05) is 70.9 Å². The van der Waals surface area contributed by atoms with E-state index in [0.29, 0.717) is 6.42 Å². The van der Waals surface area contributed by atoms with Crippen molar-refractivity contribution in [2.75, 3.05) is 0 Å². The Morgan fingerprint density at radius 1 is 1.17 bits per heavy atom. The van der Waals surface area contributed by atoms with E-state index in [1.807, 2.05) is 6.07 Å². The van der Waals surface area contributed by atoms with Crippen LogP contribution in [0.15, 0.2) is 36.1 Å². The van der Waals surface area contributed by atoms with Crippen molar-refractivity contribution in [1.82, 2.24) is 0 Å². The molecule has 0 aromatic heterocycles. The fourth-order valence-corrected chi connectivity index (χ4v) is 3.50. The van der Waals surface area contributed by atoms with Crippen molar-refractivity contribution < 1.29 is 9.53 Å². The van der Waals surface area contributed by atoms with Gasteiger partial charge in [0.2, 0.25) is 8.32 Å². The number of unbranched alkanes of at least 4 members (excludes halogenated alkanes) is 1. The van der Waals surface area contributed by atoms with E-state index in [9.17, 15) is 5.11 Å². The molecule has 0 aliphatic rings. The molecule has 136 valence electrons. The molecular weight excluding hydrogens is 312 g/mol. The topological polar surface area (TPSA) is 29.5 Å². The molecule has 1 aromatic rings. The number of hydrogen-bond acceptors (Lipinski definition) is 2. The summed E-state index contributed by atoms with van der Waals surface area (Å²) in [6.45, 7) is 15.6. The van der Waals surface area contributed by atoms with Crippen molar-refractivity contribution >= 4 is 13.9 Å². The number of rotatable bonds is 8. The molecule has 0 saturated carbocycles. The summed E-state index contributed by atoms with van der Waals surface area (Å²) in [6, 6.07) is 10.4. The second-order valence-electron chi connectivity index (χ2n) is 8.28. The third-order valence-corrected chi connectivity index (χ3v) is 9.49. The molecule has 1 unspecified atom stereocenters. The Morgan fingerprint density at radius 3 is 2.25 bits per heavy atom. The van der Waals surface area contributed by atoms with Gasteiger partial charge < -0.3 is 9.53 Å². The molecule has 0 radical (unpaired) electrons. The first-order valence-electron chi connectivity index (χ1n) is 9.20. The van der Waals surface area contributed by atoms with E-state index in [0.717, 1.165) is 30.6 Å². The predicted octanol–water partition coefficient (Wildman–Crippen LogP) is 6.38. The summed E-state index contributed by atoms with van der Waals surface area (Å²) in [5, 5.41) is 10.6. The minimum atomic E-state index is -1.93. The van der Waals surface area contributed by atoms with Crippen LogP contribution in [0.5, 0.6) is 0 Å². The Labute approximate surface area is 150 Å². The molecular formula is C21H36O2Si. The van der Waals surface area contributed by atoms with Gasteiger partial charge in [0.25, 0.3) is 0 Å². The van der Waals surface area contributed by atoms with Crippen LogP contribution < -0.4 is 0 Å². The number of aliphatic hydroxyl groups excluding tert-OH is 1. The molecule has 0 spiro atoms. The first-order valence-corrected chi connectivity index (χ1v) is 12.1. The van der Waals surface area contributed by atoms with Crippen molar-refractivity contribution in [3.05, 3.63) is 41.7 Å². The summed E-state index contributed by atoms with van der Waals surface area (Å²) in [5.41, 5.74) is 2.32. The largest absolute Gasteiger partial charge is 0.546 e. The van der Waals surface area contributed by atoms with Gasteiger partial charge in [-0.25, -0.2) is 0 Å². The zero-order valence-corrected chi connectivity index (χ0v) is 17.6. The van der Waals surface area contributed by atoms with Gasteiger partial charge in [-0.05, 0) is 42.6 Å². The van der Waals surface area contributed by atoms with Gasteiger partial charge in [0.1, 0.15) is 0 Å². The van der Waals surface area contributed by atoms with E-state index < -0.39 is 8.32 Å². The van der Waals surface area contributed by atoms with E-state index in [2.05, 4.69) is 72.0 Å². The maximum Gasteiger partial charge on any atom is 0.250 e. The lowest BCUT2D eigenvalue weighted by molar-refractivity contribution is 0.147. The molecule has 0 aliphatic carbocycles. The van der Waals surface area contributed by atoms with Crippen molar-refractivity contribution in [3.63, 3.8) is 0 Å². The molecule has 1 atom stereocenters. The molecule has 0 fully saturated rings. The van der Waals surface area contributed by atoms with Crippen LogP contribution in [0.3, 0.4) is 0 Å². The van der Waals surface area contributed by atoms with Crippen LogP contribution in [0.25, 0.3) is 5.57 Å². The SMILES string of the molecule is CCCCC(O)C/C(O[Si](C)(C)C(C)(C)C)=C(\C)c1ccccc1. The minimum Gasteiger partial charge on any atom is -0.546 e. The van der Waals surface area contributed by atoms with Gasteiger partial charge >= 0.3 is 0 Å². The van der Waals surface area contributed by atoms with E-state index >= 15 is 0 Å². The summed E-state index contributed by atoms with van der Waals surface area (Å²) in [4.78, 5) is 0. The highest BCUT2D eigenvalue weighted by Crippen LogP contribution is 2.40. The van der Waals surface area contributed by atoms with E-state index in [4.69, 9.17) is 4.43 Å². The Morgan fingerprint density at radius 2 is 1.75 bits per heavy atom. The quantitative estimate of drug-likeness (QED) is 0.436. The molecule has 0 aliphatic heterocycles. The fourth-order valence-electron chi connectivity index (χ4n) is 2.34. The molecule has 24 heavy (non-hydrogen) atoms. The van der Waals surface area contributed by atoms with Crippen molar-refractivity contribution in [2.45, 2.75) is 84.5 Å². The standard InChI is InChI=1S/C21H36O2Si/c1-8-9-15-19(22)16-20(23-24(6,7)21(3,4)5)17(2)18-13-11-10-12-14-18/h10-14,19,22H,8-9,15-16H2,1-7H3/b20-17-. The molecule has 1 aromatic carbocycles. The highest BCUT2D eigenvalue weighted by molar-refractivity contribution is 6.74. The molecule has 2 nitrogen and oxygen atoms in total. The summed E-state index contributed by atoms with van der Waals surface area (Å²) in [7, 11) is -1.93. The molecule has 1 N–H and O–H groups in total. The number of allylic oxidation sites excluding steroid dienone is 1. The fraction of sp³-hybridized carbons (Fsp3) is 0.619. The van der Waals surface area contributed by atoms with Crippen LogP contribution in [0.2, 0.25) is 18.1 Å². The maximum atomic E-state index is 10.4. The lowest BCUT2D eigenvalue weighted by Crippen LogP contribution is -2.41. The Kier molecular flexibility index (Phi) is 7.75. The summed E-state index contributed by atoms with van der Waals surface area (Å²) in [6.07, 6.45) is 3.27. The van der Waals surface area contributed by atoms with Gasteiger partial charge in [-0.2, -0.15) is 0 Å². The van der Waals surface area contributed by atoms with Crippen molar-refractivity contribution in [2.24, 2.45) is 0 Å². The van der Waals surface area contributed by atoms with E-state index in [-0.39, 0.29) is 11.1 Å². The van der Waals surface area contributed by atoms with Gasteiger partial charge in [0, 0.05) is 6.42 Å². The average Bonchev–Trinajstić information content (AvgIpc) is 2.51. The van der Waals surface area contributed by atoms with Gasteiger partial charge in [0.15, 0.2) is 0 Å². The molecule has 3 heteroatoms. The Balaban J connectivity index is 3.12. The minimum absolute atomic E-state index is 0.142. The van der Waals surface area contributed by atoms with Crippen molar-refractivity contribution in [3.8, 4) is 0 Å². The van der Waals surface area contributed by atoms with E-state index in [1.54, 1.807) is 0 Å². The summed E-state index contributed by atoms with van der Waals surface area (Å²) < 4.78 is 6.63. The summed E-state index contributed by atoms with van der Waals surface area (Å²) in [5.74, 6) is 0.969. The second-order valence-corrected chi connectivity index (χ2v) is 13.0.